The first kappa shape index (κ1) is 23.3. The van der Waals surface area contributed by atoms with Crippen molar-refractivity contribution >= 4 is 25.6 Å². The second-order valence-corrected chi connectivity index (χ2v) is 7.39. The summed E-state index contributed by atoms with van der Waals surface area (Å²) in [7, 11) is 1.36. The Bertz CT molecular complexity index is 690. The number of methoxy groups -OCH3 is 1. The topological polar surface area (TPSA) is 85.3 Å². The summed E-state index contributed by atoms with van der Waals surface area (Å²) in [6, 6.07) is 8.20. The molecule has 1 atom stereocenters. The van der Waals surface area contributed by atoms with E-state index in [0.29, 0.717) is 39.1 Å². The number of nitrogens with zero attached hydrogens (tertiary/aromatic N) is 3. The maximum Gasteiger partial charge on any atom is 0.409 e. The summed E-state index contributed by atoms with van der Waals surface area (Å²) < 4.78 is 4.74. The third kappa shape index (κ3) is 6.52. The Morgan fingerprint density at radius 1 is 1.10 bits per heavy atom. The lowest BCUT2D eigenvalue weighted by molar-refractivity contribution is 0.103. The summed E-state index contributed by atoms with van der Waals surface area (Å²) in [6.45, 7) is 4.57. The predicted molar refractivity (Wildman–Crippen MR) is 115 cm³/mol. The number of carbonyl (C=O) groups is 2. The lowest BCUT2D eigenvalue weighted by Crippen LogP contribution is -2.47. The van der Waals surface area contributed by atoms with Gasteiger partial charge in [-0.1, -0.05) is 24.3 Å². The first-order valence-corrected chi connectivity index (χ1v) is 9.89. The number of hydrogen-bond acceptors (Lipinski definition) is 5. The minimum Gasteiger partial charge on any atom is -0.453 e. The maximum absolute atomic E-state index is 12.4. The molecule has 0 unspecified atom stereocenters. The van der Waals surface area contributed by atoms with Crippen LogP contribution in [0.2, 0.25) is 0 Å². The fourth-order valence-corrected chi connectivity index (χ4v) is 3.82. The highest BCUT2D eigenvalue weighted by atomic mass is 32.1. The molecule has 1 fully saturated rings. The quantitative estimate of drug-likeness (QED) is 0.753. The van der Waals surface area contributed by atoms with Gasteiger partial charge < -0.3 is 25.0 Å². The van der Waals surface area contributed by atoms with Crippen LogP contribution >= 0.6 is 13.5 Å². The summed E-state index contributed by atoms with van der Waals surface area (Å²) in [5.41, 5.74) is 2.69. The Morgan fingerprint density at radius 2 is 1.79 bits per heavy atom. The largest absolute Gasteiger partial charge is 0.453 e. The number of aliphatic hydroxyl groups is 1. The molecule has 1 aromatic carbocycles. The van der Waals surface area contributed by atoms with E-state index in [0.717, 1.165) is 19.5 Å². The van der Waals surface area contributed by atoms with Crippen LogP contribution in [0.5, 0.6) is 0 Å². The Kier molecular flexibility index (Phi) is 9.06. The van der Waals surface area contributed by atoms with Crippen LogP contribution in [0.25, 0.3) is 0 Å². The second-order valence-electron chi connectivity index (χ2n) is 7.39. The lowest BCUT2D eigenvalue weighted by atomic mass is 10.00. The average Bonchev–Trinajstić information content (AvgIpc) is 2.97. The monoisotopic (exact) mass is 424 g/mol. The zero-order valence-electron chi connectivity index (χ0n) is 17.0. The van der Waals surface area contributed by atoms with Crippen LogP contribution in [-0.2, 0) is 17.7 Å². The molecule has 29 heavy (non-hydrogen) atoms. The normalized spacial score (nSPS) is 18.1. The zero-order valence-corrected chi connectivity index (χ0v) is 18.0. The Labute approximate surface area is 179 Å². The molecule has 1 saturated heterocycles. The smallest absolute Gasteiger partial charge is 0.409 e. The van der Waals surface area contributed by atoms with Crippen molar-refractivity contribution in [2.24, 2.45) is 0 Å². The van der Waals surface area contributed by atoms with Crippen molar-refractivity contribution in [2.75, 3.05) is 52.9 Å². The zero-order chi connectivity index (χ0) is 19.9. The predicted octanol–water partition coefficient (Wildman–Crippen LogP) is 1.00. The molecule has 1 aromatic rings. The molecule has 2 aliphatic rings. The van der Waals surface area contributed by atoms with Crippen molar-refractivity contribution in [3.8, 4) is 0 Å². The lowest BCUT2D eigenvalue weighted by Gasteiger charge is -2.30. The third-order valence-electron chi connectivity index (χ3n) is 5.38. The van der Waals surface area contributed by atoms with Gasteiger partial charge in [0.2, 0.25) is 0 Å². The number of fused-ring (bicyclic) bond motifs is 1. The van der Waals surface area contributed by atoms with E-state index < -0.39 is 6.10 Å². The van der Waals surface area contributed by atoms with E-state index >= 15 is 0 Å². The molecule has 0 radical (unpaired) electrons. The van der Waals surface area contributed by atoms with E-state index in [4.69, 9.17) is 4.74 Å². The molecule has 3 rings (SSSR count). The highest BCUT2D eigenvalue weighted by molar-refractivity contribution is 7.59. The number of benzene rings is 1. The van der Waals surface area contributed by atoms with Crippen LogP contribution < -0.4 is 5.32 Å². The fourth-order valence-electron chi connectivity index (χ4n) is 3.82. The van der Waals surface area contributed by atoms with Gasteiger partial charge in [0.05, 0.1) is 13.2 Å². The summed E-state index contributed by atoms with van der Waals surface area (Å²) in [5.74, 6) is 0. The molecule has 9 heteroatoms. The van der Waals surface area contributed by atoms with Gasteiger partial charge in [0.1, 0.15) is 0 Å². The van der Waals surface area contributed by atoms with E-state index in [-0.39, 0.29) is 32.2 Å². The molecule has 2 aliphatic heterocycles. The number of aliphatic hydroxyl groups excluding tert-OH is 1. The van der Waals surface area contributed by atoms with E-state index in [1.807, 2.05) is 6.07 Å². The van der Waals surface area contributed by atoms with Crippen molar-refractivity contribution in [2.45, 2.75) is 25.5 Å². The molecule has 0 spiro atoms. The van der Waals surface area contributed by atoms with Gasteiger partial charge in [-0.25, -0.2) is 9.59 Å². The summed E-state index contributed by atoms with van der Waals surface area (Å²) in [5, 5.41) is 13.2. The number of ether oxygens (including phenoxy) is 1. The highest BCUT2D eigenvalue weighted by Gasteiger charge is 2.23. The minimum absolute atomic E-state index is 0. The second kappa shape index (κ2) is 11.3. The van der Waals surface area contributed by atoms with Gasteiger partial charge in [0.15, 0.2) is 0 Å². The number of urea groups is 1. The van der Waals surface area contributed by atoms with E-state index in [9.17, 15) is 14.7 Å². The number of β-amino-alcohol motifs (C(OH)–C–C–N with tert-alkyl or cyclic N) is 1. The Morgan fingerprint density at radius 3 is 2.55 bits per heavy atom. The SMILES string of the molecule is COC(=O)N1CCCN(C(=O)NC[C@H](O)CN2CCc3ccccc3C2)CC1.S. The van der Waals surface area contributed by atoms with Gasteiger partial charge >= 0.3 is 12.1 Å². The van der Waals surface area contributed by atoms with Crippen molar-refractivity contribution in [1.82, 2.24) is 20.0 Å². The molecule has 8 nitrogen and oxygen atoms in total. The highest BCUT2D eigenvalue weighted by Crippen LogP contribution is 2.18. The number of amides is 3. The van der Waals surface area contributed by atoms with Gasteiger partial charge in [0, 0.05) is 52.4 Å². The maximum atomic E-state index is 12.4. The number of rotatable bonds is 4. The van der Waals surface area contributed by atoms with Gasteiger partial charge in [-0.05, 0) is 24.0 Å². The average molecular weight is 425 g/mol. The van der Waals surface area contributed by atoms with Crippen LogP contribution in [0, 0.1) is 0 Å². The molecule has 3 amide bonds. The van der Waals surface area contributed by atoms with Gasteiger partial charge in [-0.15, -0.1) is 0 Å². The van der Waals surface area contributed by atoms with Crippen molar-refractivity contribution in [1.29, 1.82) is 0 Å². The molecule has 2 heterocycles. The van der Waals surface area contributed by atoms with Crippen LogP contribution in [0.15, 0.2) is 24.3 Å². The number of carbonyl (C=O) groups excluding carboxylic acids is 2. The summed E-state index contributed by atoms with van der Waals surface area (Å²) >= 11 is 0. The summed E-state index contributed by atoms with van der Waals surface area (Å²) in [6.07, 6.45) is 0.714. The van der Waals surface area contributed by atoms with Crippen LogP contribution in [0.3, 0.4) is 0 Å². The molecule has 0 saturated carbocycles. The molecular weight excluding hydrogens is 392 g/mol. The standard InChI is InChI=1S/C20H30N4O4.H2S/c1-28-20(27)24-9-4-8-23(11-12-24)19(26)21-13-18(25)15-22-10-7-16-5-2-3-6-17(16)14-22;/h2-3,5-6,18,25H,4,7-15H2,1H3,(H,21,26);1H2/t18-;/m0./s1. The van der Waals surface area contributed by atoms with Gasteiger partial charge in [-0.3, -0.25) is 4.90 Å². The van der Waals surface area contributed by atoms with Crippen LogP contribution in [0.4, 0.5) is 9.59 Å². The Hall–Kier alpha value is -1.97. The first-order chi connectivity index (χ1) is 13.6. The van der Waals surface area contributed by atoms with E-state index in [2.05, 4.69) is 28.4 Å². The fraction of sp³-hybridized carbons (Fsp3) is 0.600. The van der Waals surface area contributed by atoms with Crippen molar-refractivity contribution in [3.05, 3.63) is 35.4 Å². The first-order valence-electron chi connectivity index (χ1n) is 9.89. The summed E-state index contributed by atoms with van der Waals surface area (Å²) in [4.78, 5) is 29.6. The Balaban J connectivity index is 0.00000300. The molecule has 0 bridgehead atoms. The van der Waals surface area contributed by atoms with E-state index in [1.165, 1.54) is 18.2 Å². The molecule has 0 aliphatic carbocycles. The molecular formula is C20H32N4O4S. The van der Waals surface area contributed by atoms with E-state index in [1.54, 1.807) is 9.80 Å². The van der Waals surface area contributed by atoms with Gasteiger partial charge in [0.25, 0.3) is 0 Å². The van der Waals surface area contributed by atoms with Crippen molar-refractivity contribution in [3.63, 3.8) is 0 Å². The van der Waals surface area contributed by atoms with Crippen LogP contribution in [0.1, 0.15) is 17.5 Å². The van der Waals surface area contributed by atoms with Crippen LogP contribution in [-0.4, -0.2) is 91.0 Å². The van der Waals surface area contributed by atoms with Crippen molar-refractivity contribution < 1.29 is 19.4 Å². The van der Waals surface area contributed by atoms with Gasteiger partial charge in [-0.2, -0.15) is 13.5 Å². The molecule has 0 aromatic heterocycles. The number of hydrogen-bond donors (Lipinski definition) is 2. The third-order valence-corrected chi connectivity index (χ3v) is 5.38. The molecule has 162 valence electrons. The minimum atomic E-state index is -0.618. The number of nitrogens with one attached hydrogen (secondary N) is 1. The molecule has 2 N–H and O–H groups in total.